The number of hydrogen-bond acceptors (Lipinski definition) is 2. The fraction of sp³-hybridized carbons (Fsp3) is 0.857. The summed E-state index contributed by atoms with van der Waals surface area (Å²) in [4.78, 5) is 2.45. The first-order valence-electron chi connectivity index (χ1n) is 3.58. The van der Waals surface area contributed by atoms with E-state index in [4.69, 9.17) is 4.74 Å². The molecule has 0 aromatic carbocycles. The van der Waals surface area contributed by atoms with E-state index in [2.05, 4.69) is 11.8 Å². The summed E-state index contributed by atoms with van der Waals surface area (Å²) < 4.78 is 6.81. The Hall–Kier alpha value is 0.478. The molecule has 0 bridgehead atoms. The van der Waals surface area contributed by atoms with Gasteiger partial charge in [-0.25, -0.2) is 0 Å². The molecule has 0 unspecified atom stereocenters. The first-order valence-corrected chi connectivity index (χ1v) is 5.05. The zero-order chi connectivity index (χ0) is 7.40. The third-order valence-electron chi connectivity index (χ3n) is 1.55. The van der Waals surface area contributed by atoms with Crippen molar-refractivity contribution >= 4 is 3.90 Å². The van der Waals surface area contributed by atoms with E-state index in [9.17, 15) is 0 Å². The topological polar surface area (TPSA) is 12.5 Å². The van der Waals surface area contributed by atoms with E-state index in [1.807, 2.05) is 0 Å². The molecule has 1 saturated heterocycles. The van der Waals surface area contributed by atoms with Gasteiger partial charge in [-0.3, -0.25) is 0 Å². The molecule has 0 N–H and O–H groups in total. The van der Waals surface area contributed by atoms with Crippen molar-refractivity contribution in [3.63, 3.8) is 0 Å². The van der Waals surface area contributed by atoms with Gasteiger partial charge >= 0.3 is 72.7 Å². The zero-order valence-electron chi connectivity index (χ0n) is 6.30. The van der Waals surface area contributed by atoms with E-state index in [-0.39, 0.29) is 0 Å². The van der Waals surface area contributed by atoms with Crippen molar-refractivity contribution in [3.05, 3.63) is 0 Å². The summed E-state index contributed by atoms with van der Waals surface area (Å²) in [5.74, 6) is 0. The van der Waals surface area contributed by atoms with Crippen molar-refractivity contribution < 1.29 is 24.1 Å². The van der Waals surface area contributed by atoms with Crippen LogP contribution in [0, 0.1) is 0 Å². The molecule has 1 aliphatic rings. The van der Waals surface area contributed by atoms with Crippen LogP contribution < -0.4 is 0 Å². The van der Waals surface area contributed by atoms with Crippen molar-refractivity contribution in [2.75, 3.05) is 32.8 Å². The monoisotopic (exact) mass is 311 g/mol. The predicted molar refractivity (Wildman–Crippen MR) is 37.9 cm³/mol. The van der Waals surface area contributed by atoms with Gasteiger partial charge in [-0.05, 0) is 0 Å². The van der Waals surface area contributed by atoms with Crippen LogP contribution in [0.4, 0.5) is 0 Å². The van der Waals surface area contributed by atoms with Crippen LogP contribution in [-0.2, 0) is 24.1 Å². The van der Waals surface area contributed by atoms with E-state index in [1.165, 1.54) is 6.54 Å². The van der Waals surface area contributed by atoms with Crippen molar-refractivity contribution in [1.29, 1.82) is 0 Å². The van der Waals surface area contributed by atoms with Crippen LogP contribution in [0.15, 0.2) is 0 Å². The Balaban J connectivity index is 2.19. The van der Waals surface area contributed by atoms with Crippen LogP contribution in [0.3, 0.4) is 0 Å². The molecule has 3 heteroatoms. The Morgan fingerprint density at radius 1 is 1.50 bits per heavy atom. The summed E-state index contributed by atoms with van der Waals surface area (Å²) in [5.41, 5.74) is 0. The molecular weight excluding hydrogens is 298 g/mol. The minimum atomic E-state index is 0.919. The van der Waals surface area contributed by atoms with Crippen LogP contribution in [0.2, 0.25) is 0 Å². The molecule has 1 aliphatic heterocycles. The van der Waals surface area contributed by atoms with E-state index in [0.717, 1.165) is 26.3 Å². The van der Waals surface area contributed by atoms with E-state index in [0.29, 0.717) is 0 Å². The maximum absolute atomic E-state index is 5.24. The molecule has 1 rings (SSSR count). The molecule has 0 spiro atoms. The Kier molecular flexibility index (Phi) is 3.75. The molecule has 2 nitrogen and oxygen atoms in total. The quantitative estimate of drug-likeness (QED) is 0.715. The third-order valence-corrected chi connectivity index (χ3v) is 2.01. The van der Waals surface area contributed by atoms with Crippen LogP contribution >= 0.6 is 0 Å². The van der Waals surface area contributed by atoms with Gasteiger partial charge in [0, 0.05) is 0 Å². The Morgan fingerprint density at radius 2 is 2.10 bits per heavy atom. The summed E-state index contributed by atoms with van der Waals surface area (Å²) in [6, 6.07) is 0. The Labute approximate surface area is 72.9 Å². The number of hydrogen-bond donors (Lipinski definition) is 0. The first kappa shape index (κ1) is 8.57. The molecule has 0 radical (unpaired) electrons. The molecule has 0 aromatic heterocycles. The second-order valence-corrected chi connectivity index (χ2v) is 5.09. The zero-order valence-corrected chi connectivity index (χ0v) is 9.23. The summed E-state index contributed by atoms with van der Waals surface area (Å²) in [6.07, 6.45) is 0. The fourth-order valence-corrected chi connectivity index (χ4v) is 1.73. The molecule has 0 aliphatic carbocycles. The Morgan fingerprint density at radius 3 is 2.60 bits per heavy atom. The third kappa shape index (κ3) is 3.05. The van der Waals surface area contributed by atoms with Crippen LogP contribution in [0.25, 0.3) is 0 Å². The summed E-state index contributed by atoms with van der Waals surface area (Å²) in [5, 5.41) is 0. The van der Waals surface area contributed by atoms with Gasteiger partial charge in [0.1, 0.15) is 0 Å². The molecule has 10 heavy (non-hydrogen) atoms. The summed E-state index contributed by atoms with van der Waals surface area (Å²) >= 11 is 1.61. The summed E-state index contributed by atoms with van der Waals surface area (Å²) in [7, 11) is 0. The van der Waals surface area contributed by atoms with Gasteiger partial charge in [0.15, 0.2) is 0 Å². The molecule has 58 valence electrons. The molecule has 0 aromatic rings. The van der Waals surface area contributed by atoms with Crippen LogP contribution in [0.5, 0.6) is 0 Å². The van der Waals surface area contributed by atoms with Crippen molar-refractivity contribution in [2.45, 2.75) is 6.92 Å². The standard InChI is InChI=1S/C7H13NO.W/c1-2-3-8-4-6-9-7-5-8;/h3-7H2,1H3;. The molecule has 0 saturated carbocycles. The second-order valence-electron chi connectivity index (χ2n) is 2.59. The number of nitrogens with zero attached hydrogens (tertiary/aromatic N) is 1. The number of ether oxygens (including phenoxy) is 1. The fourth-order valence-electron chi connectivity index (χ4n) is 1.07. The van der Waals surface area contributed by atoms with Crippen LogP contribution in [0.1, 0.15) is 6.92 Å². The molecule has 1 heterocycles. The molecular formula is C7H13NOW. The average Bonchev–Trinajstić information content (AvgIpc) is 1.88. The normalized spacial score (nSPS) is 20.9. The Bertz CT molecular complexity index is 121. The van der Waals surface area contributed by atoms with Gasteiger partial charge in [0.05, 0.1) is 0 Å². The van der Waals surface area contributed by atoms with Gasteiger partial charge in [-0.15, -0.1) is 0 Å². The van der Waals surface area contributed by atoms with Crippen molar-refractivity contribution in [3.8, 4) is 0 Å². The maximum atomic E-state index is 5.24. The predicted octanol–water partition coefficient (Wildman–Crippen LogP) is 0.0577. The van der Waals surface area contributed by atoms with Crippen LogP contribution in [-0.4, -0.2) is 41.6 Å². The van der Waals surface area contributed by atoms with Gasteiger partial charge in [-0.1, -0.05) is 0 Å². The van der Waals surface area contributed by atoms with E-state index >= 15 is 0 Å². The molecule has 1 fully saturated rings. The minimum absolute atomic E-state index is 0.919. The average molecular weight is 311 g/mol. The van der Waals surface area contributed by atoms with Gasteiger partial charge in [0.2, 0.25) is 0 Å². The summed E-state index contributed by atoms with van der Waals surface area (Å²) in [6.45, 7) is 7.46. The van der Waals surface area contributed by atoms with Gasteiger partial charge < -0.3 is 0 Å². The molecule has 0 atom stereocenters. The first-order chi connectivity index (χ1) is 4.79. The van der Waals surface area contributed by atoms with Gasteiger partial charge in [0.25, 0.3) is 0 Å². The number of rotatable bonds is 2. The SMILES string of the molecule is C[C](=[W])CN1CCOCC1. The molecule has 0 amide bonds. The van der Waals surface area contributed by atoms with Crippen molar-refractivity contribution in [2.24, 2.45) is 0 Å². The second kappa shape index (κ2) is 4.38. The van der Waals surface area contributed by atoms with E-state index in [1.54, 1.807) is 23.3 Å². The van der Waals surface area contributed by atoms with Crippen molar-refractivity contribution in [1.82, 2.24) is 4.90 Å². The van der Waals surface area contributed by atoms with Gasteiger partial charge in [-0.2, -0.15) is 0 Å². The number of morpholine rings is 1. The van der Waals surface area contributed by atoms with E-state index < -0.39 is 0 Å².